The van der Waals surface area contributed by atoms with Crippen LogP contribution in [0.5, 0.6) is 0 Å². The molecule has 4 nitrogen and oxygen atoms in total. The molecule has 0 aliphatic rings. The van der Waals surface area contributed by atoms with Gasteiger partial charge in [-0.15, -0.1) is 0 Å². The third-order valence-corrected chi connectivity index (χ3v) is 4.59. The van der Waals surface area contributed by atoms with Crippen LogP contribution in [0.25, 0.3) is 0 Å². The average molecular weight is 370 g/mol. The highest BCUT2D eigenvalue weighted by atomic mass is 16.7. The topological polar surface area (TPSA) is 49.8 Å². The van der Waals surface area contributed by atoms with Crippen molar-refractivity contribution in [3.63, 3.8) is 0 Å². The van der Waals surface area contributed by atoms with Gasteiger partial charge in [0.15, 0.2) is 0 Å². The number of carboxylic acid groups (broad SMARTS) is 1. The Morgan fingerprint density at radius 1 is 0.926 bits per heavy atom. The van der Waals surface area contributed by atoms with E-state index >= 15 is 0 Å². The Kier molecular flexibility index (Phi) is 6.79. The monoisotopic (exact) mass is 369 g/mol. The summed E-state index contributed by atoms with van der Waals surface area (Å²) >= 11 is 0. The second kappa shape index (κ2) is 8.68. The standard InChI is InChI=1S/C23H31NO3/c1-16(2)21(19-10-8-7-9-11-19)24(23(4,5)6)27-17(3)18-12-14-20(15-13-18)22(25)26/h7-17,21H,1-6H3,(H,25,26). The number of carbonyl (C=O) groups is 1. The maximum absolute atomic E-state index is 11.1. The number of hydrogen-bond donors (Lipinski definition) is 1. The summed E-state index contributed by atoms with van der Waals surface area (Å²) < 4.78 is 0. The maximum atomic E-state index is 11.1. The number of carboxylic acids is 1. The molecule has 2 unspecified atom stereocenters. The van der Waals surface area contributed by atoms with Crippen molar-refractivity contribution >= 4 is 5.97 Å². The van der Waals surface area contributed by atoms with E-state index in [0.29, 0.717) is 5.92 Å². The van der Waals surface area contributed by atoms with Gasteiger partial charge < -0.3 is 5.11 Å². The predicted octanol–water partition coefficient (Wildman–Crippen LogP) is 5.88. The molecule has 0 saturated heterocycles. The summed E-state index contributed by atoms with van der Waals surface area (Å²) in [6.07, 6.45) is -0.197. The summed E-state index contributed by atoms with van der Waals surface area (Å²) in [6, 6.07) is 17.4. The Balaban J connectivity index is 2.31. The molecule has 2 rings (SSSR count). The summed E-state index contributed by atoms with van der Waals surface area (Å²) in [4.78, 5) is 17.5. The molecule has 0 spiro atoms. The third kappa shape index (κ3) is 5.41. The van der Waals surface area contributed by atoms with E-state index in [-0.39, 0.29) is 23.2 Å². The maximum Gasteiger partial charge on any atom is 0.335 e. The van der Waals surface area contributed by atoms with E-state index in [9.17, 15) is 4.79 Å². The highest BCUT2D eigenvalue weighted by Gasteiger charge is 2.34. The lowest BCUT2D eigenvalue weighted by Crippen LogP contribution is -2.46. The van der Waals surface area contributed by atoms with Crippen molar-refractivity contribution in [1.29, 1.82) is 0 Å². The molecule has 2 atom stereocenters. The van der Waals surface area contributed by atoms with Gasteiger partial charge in [0.05, 0.1) is 11.6 Å². The lowest BCUT2D eigenvalue weighted by atomic mass is 9.92. The zero-order chi connectivity index (χ0) is 20.2. The van der Waals surface area contributed by atoms with Gasteiger partial charge in [0.25, 0.3) is 0 Å². The van der Waals surface area contributed by atoms with Crippen LogP contribution in [0.15, 0.2) is 54.6 Å². The first kappa shape index (κ1) is 21.1. The number of aromatic carboxylic acids is 1. The molecule has 0 bridgehead atoms. The molecule has 0 aromatic heterocycles. The van der Waals surface area contributed by atoms with Crippen LogP contribution in [0.1, 0.15) is 75.2 Å². The summed E-state index contributed by atoms with van der Waals surface area (Å²) in [5.74, 6) is -0.566. The van der Waals surface area contributed by atoms with Crippen LogP contribution >= 0.6 is 0 Å². The fraction of sp³-hybridized carbons (Fsp3) is 0.435. The summed E-state index contributed by atoms with van der Waals surface area (Å²) in [5, 5.41) is 11.2. The van der Waals surface area contributed by atoms with Crippen LogP contribution in [0.4, 0.5) is 0 Å². The average Bonchev–Trinajstić information content (AvgIpc) is 2.61. The molecule has 27 heavy (non-hydrogen) atoms. The number of hydrogen-bond acceptors (Lipinski definition) is 3. The van der Waals surface area contributed by atoms with Crippen molar-refractivity contribution in [3.8, 4) is 0 Å². The van der Waals surface area contributed by atoms with Gasteiger partial charge in [0, 0.05) is 5.54 Å². The van der Waals surface area contributed by atoms with E-state index in [0.717, 1.165) is 5.56 Å². The number of benzene rings is 2. The zero-order valence-electron chi connectivity index (χ0n) is 17.1. The van der Waals surface area contributed by atoms with Crippen LogP contribution in [0.3, 0.4) is 0 Å². The van der Waals surface area contributed by atoms with Gasteiger partial charge in [-0.05, 0) is 56.9 Å². The minimum absolute atomic E-state index is 0.104. The minimum Gasteiger partial charge on any atom is -0.478 e. The second-order valence-corrected chi connectivity index (χ2v) is 8.27. The normalized spacial score (nSPS) is 14.4. The molecule has 146 valence electrons. The van der Waals surface area contributed by atoms with Gasteiger partial charge in [-0.1, -0.05) is 56.3 Å². The lowest BCUT2D eigenvalue weighted by Gasteiger charge is -2.44. The number of rotatable bonds is 7. The van der Waals surface area contributed by atoms with Crippen molar-refractivity contribution in [2.75, 3.05) is 0 Å². The van der Waals surface area contributed by atoms with Gasteiger partial charge in [-0.3, -0.25) is 4.84 Å². The number of hydroxylamine groups is 2. The van der Waals surface area contributed by atoms with Gasteiger partial charge in [0.1, 0.15) is 6.10 Å². The highest BCUT2D eigenvalue weighted by Crippen LogP contribution is 2.37. The van der Waals surface area contributed by atoms with Crippen LogP contribution in [-0.4, -0.2) is 21.7 Å². The molecule has 0 amide bonds. The first-order valence-electron chi connectivity index (χ1n) is 9.45. The van der Waals surface area contributed by atoms with Crippen molar-refractivity contribution < 1.29 is 14.7 Å². The molecular formula is C23H31NO3. The number of nitrogens with zero attached hydrogens (tertiary/aromatic N) is 1. The van der Waals surface area contributed by atoms with Crippen molar-refractivity contribution in [2.45, 2.75) is 59.2 Å². The van der Waals surface area contributed by atoms with Crippen molar-refractivity contribution in [2.24, 2.45) is 5.92 Å². The van der Waals surface area contributed by atoms with Gasteiger partial charge in [-0.2, -0.15) is 5.06 Å². The first-order chi connectivity index (χ1) is 12.6. The zero-order valence-corrected chi connectivity index (χ0v) is 17.1. The third-order valence-electron chi connectivity index (χ3n) is 4.59. The van der Waals surface area contributed by atoms with E-state index in [1.165, 1.54) is 5.56 Å². The SMILES string of the molecule is CC(ON(C(c1ccccc1)C(C)C)C(C)(C)C)c1ccc(C(=O)O)cc1. The van der Waals surface area contributed by atoms with Crippen LogP contribution in [0, 0.1) is 5.92 Å². The quantitative estimate of drug-likeness (QED) is 0.620. The Hall–Kier alpha value is -2.17. The molecule has 0 fully saturated rings. The minimum atomic E-state index is -0.921. The Morgan fingerprint density at radius 2 is 1.48 bits per heavy atom. The Bertz CT molecular complexity index is 732. The van der Waals surface area contributed by atoms with Crippen molar-refractivity contribution in [1.82, 2.24) is 5.06 Å². The molecule has 1 N–H and O–H groups in total. The predicted molar refractivity (Wildman–Crippen MR) is 109 cm³/mol. The Morgan fingerprint density at radius 3 is 1.93 bits per heavy atom. The van der Waals surface area contributed by atoms with Gasteiger partial charge >= 0.3 is 5.97 Å². The van der Waals surface area contributed by atoms with E-state index in [1.807, 2.05) is 25.1 Å². The molecule has 0 aliphatic heterocycles. The summed E-state index contributed by atoms with van der Waals surface area (Å²) in [5.41, 5.74) is 2.24. The Labute approximate surface area is 162 Å². The largest absolute Gasteiger partial charge is 0.478 e. The summed E-state index contributed by atoms with van der Waals surface area (Å²) in [6.45, 7) is 12.8. The second-order valence-electron chi connectivity index (χ2n) is 8.27. The molecule has 2 aromatic rings. The summed E-state index contributed by atoms with van der Waals surface area (Å²) in [7, 11) is 0. The van der Waals surface area contributed by atoms with Crippen molar-refractivity contribution in [3.05, 3.63) is 71.3 Å². The smallest absolute Gasteiger partial charge is 0.335 e. The fourth-order valence-electron chi connectivity index (χ4n) is 3.21. The molecule has 0 aliphatic carbocycles. The highest BCUT2D eigenvalue weighted by molar-refractivity contribution is 5.87. The molecule has 0 radical (unpaired) electrons. The molecular weight excluding hydrogens is 338 g/mol. The van der Waals surface area contributed by atoms with E-state index in [1.54, 1.807) is 12.1 Å². The van der Waals surface area contributed by atoms with E-state index in [2.05, 4.69) is 63.9 Å². The van der Waals surface area contributed by atoms with Gasteiger partial charge in [-0.25, -0.2) is 4.79 Å². The van der Waals surface area contributed by atoms with Crippen LogP contribution < -0.4 is 0 Å². The fourth-order valence-corrected chi connectivity index (χ4v) is 3.21. The van der Waals surface area contributed by atoms with E-state index < -0.39 is 5.97 Å². The van der Waals surface area contributed by atoms with Gasteiger partial charge in [0.2, 0.25) is 0 Å². The van der Waals surface area contributed by atoms with Crippen LogP contribution in [-0.2, 0) is 4.84 Å². The first-order valence-corrected chi connectivity index (χ1v) is 9.45. The lowest BCUT2D eigenvalue weighted by molar-refractivity contribution is -0.272. The molecule has 4 heteroatoms. The van der Waals surface area contributed by atoms with Crippen LogP contribution in [0.2, 0.25) is 0 Å². The van der Waals surface area contributed by atoms with E-state index in [4.69, 9.17) is 9.94 Å². The molecule has 2 aromatic carbocycles. The molecule has 0 heterocycles. The molecule has 0 saturated carbocycles.